The molecule has 26 heavy (non-hydrogen) atoms. The van der Waals surface area contributed by atoms with Gasteiger partial charge in [-0.1, -0.05) is 12.1 Å². The quantitative estimate of drug-likeness (QED) is 0.309. The molecule has 2 N–H and O–H groups in total. The lowest BCUT2D eigenvalue weighted by atomic mass is 10.1. The molecule has 0 bridgehead atoms. The van der Waals surface area contributed by atoms with Gasteiger partial charge in [0, 0.05) is 39.3 Å². The molecule has 1 saturated carbocycles. The fraction of sp³-hybridized carbons (Fsp3) is 0.632. The van der Waals surface area contributed by atoms with Crippen molar-refractivity contribution in [1.29, 1.82) is 0 Å². The topological polar surface area (TPSA) is 48.9 Å². The normalized spacial score (nSPS) is 14.3. The maximum Gasteiger partial charge on any atom is 0.191 e. The fourth-order valence-electron chi connectivity index (χ4n) is 2.76. The predicted molar refractivity (Wildman–Crippen MR) is 116 cm³/mol. The van der Waals surface area contributed by atoms with Crippen LogP contribution < -0.4 is 10.6 Å². The third-order valence-electron chi connectivity index (χ3n) is 4.32. The van der Waals surface area contributed by atoms with Crippen molar-refractivity contribution in [3.05, 3.63) is 35.1 Å². The summed E-state index contributed by atoms with van der Waals surface area (Å²) in [5.41, 5.74) is 1.67. The van der Waals surface area contributed by atoms with Gasteiger partial charge in [0.15, 0.2) is 5.96 Å². The Morgan fingerprint density at radius 3 is 2.69 bits per heavy atom. The Bertz CT molecular complexity index is 566. The smallest absolute Gasteiger partial charge is 0.191 e. The summed E-state index contributed by atoms with van der Waals surface area (Å²) in [6, 6.07) is 5.86. The average molecular weight is 478 g/mol. The molecule has 1 aliphatic rings. The number of benzene rings is 1. The van der Waals surface area contributed by atoms with Crippen molar-refractivity contribution in [1.82, 2.24) is 15.5 Å². The van der Waals surface area contributed by atoms with Crippen molar-refractivity contribution in [2.24, 2.45) is 4.99 Å². The van der Waals surface area contributed by atoms with Crippen molar-refractivity contribution in [2.45, 2.75) is 39.3 Å². The Hall–Kier alpha value is -0.930. The van der Waals surface area contributed by atoms with Crippen molar-refractivity contribution in [2.75, 3.05) is 39.9 Å². The minimum atomic E-state index is -0.172. The third kappa shape index (κ3) is 8.18. The molecule has 0 saturated heterocycles. The molecule has 1 aromatic rings. The van der Waals surface area contributed by atoms with Crippen LogP contribution in [-0.4, -0.2) is 56.8 Å². The zero-order chi connectivity index (χ0) is 18.1. The summed E-state index contributed by atoms with van der Waals surface area (Å²) in [4.78, 5) is 7.08. The monoisotopic (exact) mass is 478 g/mol. The summed E-state index contributed by atoms with van der Waals surface area (Å²) < 4.78 is 18.5. The lowest BCUT2D eigenvalue weighted by Gasteiger charge is -2.22. The van der Waals surface area contributed by atoms with Crippen molar-refractivity contribution in [3.63, 3.8) is 0 Å². The second kappa shape index (κ2) is 12.5. The highest BCUT2D eigenvalue weighted by molar-refractivity contribution is 14.0. The number of aliphatic imine (C=N–C) groups is 1. The number of hydrogen-bond donors (Lipinski definition) is 2. The molecule has 0 amide bonds. The van der Waals surface area contributed by atoms with E-state index in [0.29, 0.717) is 12.1 Å². The molecule has 0 aromatic heterocycles. The number of aryl methyl sites for hydroxylation is 1. The fourth-order valence-corrected chi connectivity index (χ4v) is 2.76. The molecule has 2 rings (SSSR count). The van der Waals surface area contributed by atoms with Gasteiger partial charge in [0.05, 0.1) is 13.2 Å². The van der Waals surface area contributed by atoms with E-state index in [9.17, 15) is 4.39 Å². The first-order valence-electron chi connectivity index (χ1n) is 9.14. The summed E-state index contributed by atoms with van der Waals surface area (Å²) >= 11 is 0. The van der Waals surface area contributed by atoms with E-state index in [2.05, 4.69) is 20.5 Å². The number of nitrogens with zero attached hydrogens (tertiary/aromatic N) is 2. The van der Waals surface area contributed by atoms with Crippen LogP contribution in [0.3, 0.4) is 0 Å². The highest BCUT2D eigenvalue weighted by Crippen LogP contribution is 2.25. The molecule has 0 atom stereocenters. The molecule has 0 spiro atoms. The summed E-state index contributed by atoms with van der Waals surface area (Å²) in [5, 5.41) is 6.65. The van der Waals surface area contributed by atoms with Crippen LogP contribution in [0.2, 0.25) is 0 Å². The van der Waals surface area contributed by atoms with Crippen LogP contribution in [0, 0.1) is 12.7 Å². The molecule has 1 fully saturated rings. The van der Waals surface area contributed by atoms with E-state index >= 15 is 0 Å². The summed E-state index contributed by atoms with van der Waals surface area (Å²) in [6.45, 7) is 8.74. The second-order valence-corrected chi connectivity index (χ2v) is 6.47. The molecule has 0 radical (unpaired) electrons. The predicted octanol–water partition coefficient (Wildman–Crippen LogP) is 2.92. The van der Waals surface area contributed by atoms with Crippen molar-refractivity contribution < 1.29 is 9.13 Å². The van der Waals surface area contributed by atoms with E-state index in [0.717, 1.165) is 50.4 Å². The van der Waals surface area contributed by atoms with Crippen LogP contribution in [0.4, 0.5) is 4.39 Å². The standard InChI is InChI=1S/C19H31FN4O.HI/c1-4-21-19(23-14-16-5-8-18(20)15(2)13-16)22-9-10-24(11-12-25-3)17-6-7-17;/h5,8,13,17H,4,6-7,9-12,14H2,1-3H3,(H2,21,22,23);1H. The van der Waals surface area contributed by atoms with Gasteiger partial charge >= 0.3 is 0 Å². The van der Waals surface area contributed by atoms with Gasteiger partial charge < -0.3 is 15.4 Å². The zero-order valence-corrected chi connectivity index (χ0v) is 18.4. The Kier molecular flexibility index (Phi) is 11.1. The molecule has 7 heteroatoms. The number of hydrogen-bond acceptors (Lipinski definition) is 3. The van der Waals surface area contributed by atoms with Gasteiger partial charge in [0.1, 0.15) is 5.82 Å². The van der Waals surface area contributed by atoms with Crippen LogP contribution in [0.15, 0.2) is 23.2 Å². The highest BCUT2D eigenvalue weighted by Gasteiger charge is 2.28. The SMILES string of the molecule is CCNC(=NCc1ccc(F)c(C)c1)NCCN(CCOC)C1CC1.I. The first-order chi connectivity index (χ1) is 12.1. The first kappa shape index (κ1) is 23.1. The molecule has 148 valence electrons. The Balaban J connectivity index is 0.00000338. The number of rotatable bonds is 10. The van der Waals surface area contributed by atoms with E-state index in [-0.39, 0.29) is 29.8 Å². The largest absolute Gasteiger partial charge is 0.383 e. The minimum Gasteiger partial charge on any atom is -0.383 e. The minimum absolute atomic E-state index is 0. The lowest BCUT2D eigenvalue weighted by molar-refractivity contribution is 0.144. The molecule has 1 aliphatic carbocycles. The Morgan fingerprint density at radius 2 is 2.08 bits per heavy atom. The van der Waals surface area contributed by atoms with Crippen LogP contribution in [0.25, 0.3) is 0 Å². The number of halogens is 2. The second-order valence-electron chi connectivity index (χ2n) is 6.47. The first-order valence-corrected chi connectivity index (χ1v) is 9.14. The van der Waals surface area contributed by atoms with Gasteiger partial charge in [-0.3, -0.25) is 4.90 Å². The van der Waals surface area contributed by atoms with Crippen LogP contribution in [0.1, 0.15) is 30.9 Å². The molecular weight excluding hydrogens is 446 g/mol. The molecule has 0 heterocycles. The lowest BCUT2D eigenvalue weighted by Crippen LogP contribution is -2.42. The van der Waals surface area contributed by atoms with E-state index < -0.39 is 0 Å². The third-order valence-corrected chi connectivity index (χ3v) is 4.32. The van der Waals surface area contributed by atoms with Crippen molar-refractivity contribution in [3.8, 4) is 0 Å². The van der Waals surface area contributed by atoms with Gasteiger partial charge in [-0.05, 0) is 43.9 Å². The molecule has 1 aromatic carbocycles. The van der Waals surface area contributed by atoms with Crippen LogP contribution in [0.5, 0.6) is 0 Å². The van der Waals surface area contributed by atoms with Gasteiger partial charge in [0.2, 0.25) is 0 Å². The van der Waals surface area contributed by atoms with Gasteiger partial charge in [0.25, 0.3) is 0 Å². The van der Waals surface area contributed by atoms with Gasteiger partial charge in [-0.25, -0.2) is 9.38 Å². The number of methoxy groups -OCH3 is 1. The van der Waals surface area contributed by atoms with E-state index in [1.54, 1.807) is 20.1 Å². The molecular formula is C19H32FIN4O. The van der Waals surface area contributed by atoms with Gasteiger partial charge in [-0.2, -0.15) is 0 Å². The summed E-state index contributed by atoms with van der Waals surface area (Å²) in [7, 11) is 1.75. The van der Waals surface area contributed by atoms with Gasteiger partial charge in [-0.15, -0.1) is 24.0 Å². The van der Waals surface area contributed by atoms with Crippen LogP contribution >= 0.6 is 24.0 Å². The summed E-state index contributed by atoms with van der Waals surface area (Å²) in [5.74, 6) is 0.626. The Labute approximate surface area is 173 Å². The average Bonchev–Trinajstić information content (AvgIpc) is 3.43. The van der Waals surface area contributed by atoms with Crippen molar-refractivity contribution >= 4 is 29.9 Å². The van der Waals surface area contributed by atoms with E-state index in [4.69, 9.17) is 4.74 Å². The van der Waals surface area contributed by atoms with E-state index in [1.807, 2.05) is 13.0 Å². The number of ether oxygens (including phenoxy) is 1. The molecule has 0 aliphatic heterocycles. The zero-order valence-electron chi connectivity index (χ0n) is 16.1. The van der Waals surface area contributed by atoms with E-state index in [1.165, 1.54) is 18.9 Å². The Morgan fingerprint density at radius 1 is 1.31 bits per heavy atom. The highest BCUT2D eigenvalue weighted by atomic mass is 127. The summed E-state index contributed by atoms with van der Waals surface area (Å²) in [6.07, 6.45) is 2.59. The van der Waals surface area contributed by atoms with Crippen LogP contribution in [-0.2, 0) is 11.3 Å². The molecule has 5 nitrogen and oxygen atoms in total. The number of guanidine groups is 1. The number of nitrogens with one attached hydrogen (secondary N) is 2. The molecule has 0 unspecified atom stereocenters. The maximum absolute atomic E-state index is 13.3. The maximum atomic E-state index is 13.3.